The molecule has 0 bridgehead atoms. The minimum atomic E-state index is 0.755. The quantitative estimate of drug-likeness (QED) is 0.565. The largest absolute Gasteiger partial charge is 0.370 e. The predicted octanol–water partition coefficient (Wildman–Crippen LogP) is 4.83. The molecule has 0 saturated carbocycles. The number of aromatic nitrogens is 2. The van der Waals surface area contributed by atoms with Gasteiger partial charge < -0.3 is 10.6 Å². The predicted molar refractivity (Wildman–Crippen MR) is 94.8 cm³/mol. The van der Waals surface area contributed by atoms with Gasteiger partial charge in [0.2, 0.25) is 0 Å². The second-order valence-corrected chi connectivity index (χ2v) is 6.38. The van der Waals surface area contributed by atoms with E-state index in [1.165, 1.54) is 17.3 Å². The van der Waals surface area contributed by atoms with Crippen LogP contribution in [-0.4, -0.2) is 22.8 Å². The maximum Gasteiger partial charge on any atom is 0.191 e. The van der Waals surface area contributed by atoms with Gasteiger partial charge in [0.15, 0.2) is 5.16 Å². The van der Waals surface area contributed by atoms with E-state index >= 15 is 0 Å². The van der Waals surface area contributed by atoms with Crippen molar-refractivity contribution in [3.63, 3.8) is 0 Å². The highest BCUT2D eigenvalue weighted by Crippen LogP contribution is 2.24. The average Bonchev–Trinajstić information content (AvgIpc) is 2.43. The molecule has 2 rings (SSSR count). The number of benzene rings is 1. The zero-order chi connectivity index (χ0) is 15.2. The van der Waals surface area contributed by atoms with Crippen molar-refractivity contribution in [3.8, 4) is 0 Å². The monoisotopic (exact) mass is 366 g/mol. The first-order valence-corrected chi connectivity index (χ1v) is 8.83. The van der Waals surface area contributed by atoms with Gasteiger partial charge in [0.1, 0.15) is 11.6 Å². The molecule has 1 aromatic heterocycles. The van der Waals surface area contributed by atoms with Crippen molar-refractivity contribution in [1.82, 2.24) is 9.97 Å². The third kappa shape index (κ3) is 4.89. The molecular weight excluding hydrogens is 348 g/mol. The Bertz CT molecular complexity index is 598. The first kappa shape index (κ1) is 16.1. The zero-order valence-electron chi connectivity index (χ0n) is 12.4. The number of hydrogen-bond donors (Lipinski definition) is 2. The summed E-state index contributed by atoms with van der Waals surface area (Å²) in [5.41, 5.74) is 2.20. The molecule has 0 aliphatic rings. The summed E-state index contributed by atoms with van der Waals surface area (Å²) in [6.45, 7) is 5.10. The summed E-state index contributed by atoms with van der Waals surface area (Å²) in [6.07, 6.45) is 3.04. The van der Waals surface area contributed by atoms with Crippen LogP contribution in [0.3, 0.4) is 0 Å². The SMILES string of the molecule is CCCNc1cc(Nc2cc(C)cc(Br)c2)nc(SC)n1. The molecule has 0 unspecified atom stereocenters. The van der Waals surface area contributed by atoms with Crippen LogP contribution in [0.1, 0.15) is 18.9 Å². The Balaban J connectivity index is 2.25. The number of hydrogen-bond acceptors (Lipinski definition) is 5. The second kappa shape index (κ2) is 7.66. The Morgan fingerprint density at radius 3 is 2.57 bits per heavy atom. The Kier molecular flexibility index (Phi) is 5.87. The molecular formula is C15H19BrN4S. The maximum atomic E-state index is 4.50. The van der Waals surface area contributed by atoms with Gasteiger partial charge in [0.05, 0.1) is 0 Å². The summed E-state index contributed by atoms with van der Waals surface area (Å²) in [7, 11) is 0. The molecule has 21 heavy (non-hydrogen) atoms. The average molecular weight is 367 g/mol. The molecule has 0 spiro atoms. The van der Waals surface area contributed by atoms with Crippen LogP contribution in [0.25, 0.3) is 0 Å². The Morgan fingerprint density at radius 2 is 1.90 bits per heavy atom. The molecule has 0 saturated heterocycles. The van der Waals surface area contributed by atoms with Crippen molar-refractivity contribution in [2.24, 2.45) is 0 Å². The van der Waals surface area contributed by atoms with Gasteiger partial charge in [-0.15, -0.1) is 0 Å². The maximum absolute atomic E-state index is 4.50. The molecule has 0 amide bonds. The van der Waals surface area contributed by atoms with E-state index in [4.69, 9.17) is 0 Å². The van der Waals surface area contributed by atoms with Crippen molar-refractivity contribution in [1.29, 1.82) is 0 Å². The fraction of sp³-hybridized carbons (Fsp3) is 0.333. The number of aryl methyl sites for hydroxylation is 1. The van der Waals surface area contributed by atoms with Crippen molar-refractivity contribution in [2.45, 2.75) is 25.4 Å². The molecule has 0 aliphatic carbocycles. The van der Waals surface area contributed by atoms with Crippen LogP contribution >= 0.6 is 27.7 Å². The van der Waals surface area contributed by atoms with Crippen LogP contribution in [0.2, 0.25) is 0 Å². The lowest BCUT2D eigenvalue weighted by Gasteiger charge is -2.11. The van der Waals surface area contributed by atoms with Gasteiger partial charge in [-0.05, 0) is 43.4 Å². The highest BCUT2D eigenvalue weighted by atomic mass is 79.9. The van der Waals surface area contributed by atoms with E-state index in [9.17, 15) is 0 Å². The van der Waals surface area contributed by atoms with Crippen LogP contribution in [0.5, 0.6) is 0 Å². The summed E-state index contributed by atoms with van der Waals surface area (Å²) in [6, 6.07) is 8.14. The number of thioether (sulfide) groups is 1. The van der Waals surface area contributed by atoms with Gasteiger partial charge in [0.25, 0.3) is 0 Å². The van der Waals surface area contributed by atoms with Crippen LogP contribution < -0.4 is 10.6 Å². The lowest BCUT2D eigenvalue weighted by molar-refractivity contribution is 0.929. The third-order valence-electron chi connectivity index (χ3n) is 2.76. The standard InChI is InChI=1S/C15H19BrN4S/c1-4-5-17-13-9-14(20-15(19-13)21-3)18-12-7-10(2)6-11(16)8-12/h6-9H,4-5H2,1-3H3,(H2,17,18,19,20). The number of halogens is 1. The Morgan fingerprint density at radius 1 is 1.14 bits per heavy atom. The Hall–Kier alpha value is -1.27. The fourth-order valence-corrected chi connectivity index (χ4v) is 2.87. The summed E-state index contributed by atoms with van der Waals surface area (Å²) in [4.78, 5) is 8.96. The van der Waals surface area contributed by atoms with Gasteiger partial charge in [-0.25, -0.2) is 9.97 Å². The summed E-state index contributed by atoms with van der Waals surface area (Å²) in [5.74, 6) is 1.65. The number of rotatable bonds is 6. The summed E-state index contributed by atoms with van der Waals surface area (Å²) < 4.78 is 1.05. The third-order valence-corrected chi connectivity index (χ3v) is 3.76. The smallest absolute Gasteiger partial charge is 0.191 e. The van der Waals surface area contributed by atoms with Gasteiger partial charge in [0, 0.05) is 22.8 Å². The topological polar surface area (TPSA) is 49.8 Å². The highest BCUT2D eigenvalue weighted by Gasteiger charge is 2.05. The second-order valence-electron chi connectivity index (χ2n) is 4.69. The molecule has 1 heterocycles. The summed E-state index contributed by atoms with van der Waals surface area (Å²) >= 11 is 5.05. The van der Waals surface area contributed by atoms with Crippen molar-refractivity contribution in [2.75, 3.05) is 23.4 Å². The lowest BCUT2D eigenvalue weighted by Crippen LogP contribution is -2.05. The van der Waals surface area contributed by atoms with E-state index in [1.807, 2.05) is 18.4 Å². The molecule has 0 atom stereocenters. The minimum Gasteiger partial charge on any atom is -0.370 e. The highest BCUT2D eigenvalue weighted by molar-refractivity contribution is 9.10. The van der Waals surface area contributed by atoms with Crippen LogP contribution in [0.4, 0.5) is 17.3 Å². The van der Waals surface area contributed by atoms with E-state index < -0.39 is 0 Å². The minimum absolute atomic E-state index is 0.755. The molecule has 4 nitrogen and oxygen atoms in total. The molecule has 2 N–H and O–H groups in total. The molecule has 6 heteroatoms. The van der Waals surface area contributed by atoms with Gasteiger partial charge >= 0.3 is 0 Å². The molecule has 2 aromatic rings. The van der Waals surface area contributed by atoms with Crippen LogP contribution in [0, 0.1) is 6.92 Å². The summed E-state index contributed by atoms with van der Waals surface area (Å²) in [5, 5.41) is 7.40. The Labute approximate surface area is 138 Å². The first-order chi connectivity index (χ1) is 10.1. The van der Waals surface area contributed by atoms with Gasteiger partial charge in [-0.2, -0.15) is 0 Å². The zero-order valence-corrected chi connectivity index (χ0v) is 14.8. The number of anilines is 3. The molecule has 0 radical (unpaired) electrons. The van der Waals surface area contributed by atoms with E-state index in [0.717, 1.165) is 39.9 Å². The number of nitrogens with one attached hydrogen (secondary N) is 2. The van der Waals surface area contributed by atoms with E-state index in [-0.39, 0.29) is 0 Å². The molecule has 0 fully saturated rings. The van der Waals surface area contributed by atoms with E-state index in [1.54, 1.807) is 0 Å². The van der Waals surface area contributed by atoms with Gasteiger partial charge in [-0.3, -0.25) is 0 Å². The van der Waals surface area contributed by atoms with E-state index in [2.05, 4.69) is 62.5 Å². The number of nitrogens with zero attached hydrogens (tertiary/aromatic N) is 2. The lowest BCUT2D eigenvalue weighted by atomic mass is 10.2. The normalized spacial score (nSPS) is 10.5. The molecule has 0 aliphatic heterocycles. The fourth-order valence-electron chi connectivity index (χ4n) is 1.88. The van der Waals surface area contributed by atoms with Gasteiger partial charge in [-0.1, -0.05) is 34.6 Å². The van der Waals surface area contributed by atoms with Crippen molar-refractivity contribution >= 4 is 45.0 Å². The molecule has 1 aromatic carbocycles. The molecule has 112 valence electrons. The first-order valence-electron chi connectivity index (χ1n) is 6.82. The van der Waals surface area contributed by atoms with E-state index in [0.29, 0.717) is 0 Å². The van der Waals surface area contributed by atoms with Crippen molar-refractivity contribution < 1.29 is 0 Å². The van der Waals surface area contributed by atoms with Crippen LogP contribution in [0.15, 0.2) is 33.9 Å². The van der Waals surface area contributed by atoms with Crippen LogP contribution in [-0.2, 0) is 0 Å². The van der Waals surface area contributed by atoms with Crippen molar-refractivity contribution in [3.05, 3.63) is 34.3 Å².